The Morgan fingerprint density at radius 3 is 2.42 bits per heavy atom. The zero-order chi connectivity index (χ0) is 22.5. The Labute approximate surface area is 182 Å². The molecule has 0 aromatic heterocycles. The van der Waals surface area contributed by atoms with Crippen LogP contribution in [0.4, 0.5) is 11.4 Å². The lowest BCUT2D eigenvalue weighted by Gasteiger charge is -2.14. The van der Waals surface area contributed by atoms with Crippen LogP contribution < -0.4 is 0 Å². The number of aromatic hydroxyl groups is 2. The molecule has 160 valence electrons. The molecule has 0 spiro atoms. The average Bonchev–Trinajstić information content (AvgIpc) is 2.74. The molecular formula is C22H20N2O6S. The first kappa shape index (κ1) is 22.1. The number of carboxylic acid groups (broad SMARTS) is 1. The summed E-state index contributed by atoms with van der Waals surface area (Å²) >= 11 is 1.18. The van der Waals surface area contributed by atoms with Crippen LogP contribution in [-0.2, 0) is 9.53 Å². The third-order valence-corrected chi connectivity index (χ3v) is 5.63. The third-order valence-electron chi connectivity index (χ3n) is 4.47. The number of fused-ring (bicyclic) bond motifs is 1. The van der Waals surface area contributed by atoms with Gasteiger partial charge in [0.25, 0.3) is 0 Å². The second-order valence-electron chi connectivity index (χ2n) is 6.50. The molecule has 0 aliphatic carbocycles. The summed E-state index contributed by atoms with van der Waals surface area (Å²) in [6.07, 6.45) is 0. The molecule has 0 bridgehead atoms. The Bertz CT molecular complexity index is 1190. The maximum atomic E-state index is 11.9. The van der Waals surface area contributed by atoms with Gasteiger partial charge in [-0.15, -0.1) is 16.9 Å². The molecule has 0 saturated heterocycles. The molecule has 0 aliphatic rings. The molecule has 0 heterocycles. The van der Waals surface area contributed by atoms with Crippen molar-refractivity contribution in [2.75, 3.05) is 12.4 Å². The fourth-order valence-corrected chi connectivity index (χ4v) is 3.93. The van der Waals surface area contributed by atoms with Crippen molar-refractivity contribution in [3.8, 4) is 11.5 Å². The van der Waals surface area contributed by atoms with Gasteiger partial charge in [-0.05, 0) is 26.0 Å². The number of nitrogens with zero attached hydrogens (tertiary/aromatic N) is 2. The topological polar surface area (TPSA) is 129 Å². The van der Waals surface area contributed by atoms with Gasteiger partial charge in [0.2, 0.25) is 0 Å². The Balaban J connectivity index is 2.08. The van der Waals surface area contributed by atoms with E-state index in [9.17, 15) is 19.8 Å². The number of azo groups is 1. The Morgan fingerprint density at radius 1 is 1.06 bits per heavy atom. The maximum Gasteiger partial charge on any atom is 0.339 e. The van der Waals surface area contributed by atoms with Gasteiger partial charge in [-0.1, -0.05) is 24.3 Å². The number of esters is 1. The molecule has 0 unspecified atom stereocenters. The van der Waals surface area contributed by atoms with E-state index in [1.165, 1.54) is 30.0 Å². The highest BCUT2D eigenvalue weighted by Gasteiger charge is 2.18. The predicted molar refractivity (Wildman–Crippen MR) is 117 cm³/mol. The van der Waals surface area contributed by atoms with Crippen LogP contribution in [0.25, 0.3) is 10.8 Å². The first-order chi connectivity index (χ1) is 14.8. The maximum absolute atomic E-state index is 11.9. The highest BCUT2D eigenvalue weighted by atomic mass is 32.2. The lowest BCUT2D eigenvalue weighted by atomic mass is 10.0. The molecule has 31 heavy (non-hydrogen) atoms. The predicted octanol–water partition coefficient (Wildman–Crippen LogP) is 5.33. The molecule has 0 aliphatic heterocycles. The zero-order valence-corrected chi connectivity index (χ0v) is 17.6. The van der Waals surface area contributed by atoms with Crippen molar-refractivity contribution in [1.29, 1.82) is 0 Å². The fraction of sp³-hybridized carbons (Fsp3) is 0.182. The van der Waals surface area contributed by atoms with E-state index >= 15 is 0 Å². The van der Waals surface area contributed by atoms with E-state index in [-0.39, 0.29) is 29.4 Å². The van der Waals surface area contributed by atoms with Gasteiger partial charge < -0.3 is 20.1 Å². The minimum atomic E-state index is -1.25. The molecule has 0 atom stereocenters. The highest BCUT2D eigenvalue weighted by molar-refractivity contribution is 8.00. The van der Waals surface area contributed by atoms with Gasteiger partial charge in [0.05, 0.1) is 18.0 Å². The van der Waals surface area contributed by atoms with Gasteiger partial charge in [0, 0.05) is 27.3 Å². The number of phenols is 2. The van der Waals surface area contributed by atoms with Crippen molar-refractivity contribution in [2.24, 2.45) is 10.2 Å². The fourth-order valence-electron chi connectivity index (χ4n) is 2.99. The smallest absolute Gasteiger partial charge is 0.339 e. The summed E-state index contributed by atoms with van der Waals surface area (Å²) in [4.78, 5) is 23.5. The molecule has 3 N–H and O–H groups in total. The Hall–Kier alpha value is -3.59. The largest absolute Gasteiger partial charge is 0.507 e. The first-order valence-electron chi connectivity index (χ1n) is 9.34. The summed E-state index contributed by atoms with van der Waals surface area (Å²) in [6.45, 7) is 3.71. The van der Waals surface area contributed by atoms with E-state index in [4.69, 9.17) is 9.84 Å². The van der Waals surface area contributed by atoms with Gasteiger partial charge in [0.15, 0.2) is 0 Å². The summed E-state index contributed by atoms with van der Waals surface area (Å²) in [5.41, 5.74) is 1.00. The van der Waals surface area contributed by atoms with Crippen molar-refractivity contribution < 1.29 is 29.6 Å². The Morgan fingerprint density at radius 2 is 1.77 bits per heavy atom. The summed E-state index contributed by atoms with van der Waals surface area (Å²) in [6, 6.07) is 11.0. The number of carbonyl (C=O) groups is 2. The number of aromatic carboxylic acids is 1. The summed E-state index contributed by atoms with van der Waals surface area (Å²) < 4.78 is 4.98. The molecule has 3 rings (SSSR count). The van der Waals surface area contributed by atoms with Crippen molar-refractivity contribution in [3.63, 3.8) is 0 Å². The van der Waals surface area contributed by atoms with Crippen LogP contribution in [0.5, 0.6) is 11.5 Å². The summed E-state index contributed by atoms with van der Waals surface area (Å²) in [7, 11) is 0. The molecule has 0 radical (unpaired) electrons. The highest BCUT2D eigenvalue weighted by Crippen LogP contribution is 2.45. The van der Waals surface area contributed by atoms with E-state index in [0.717, 1.165) is 0 Å². The number of rotatable bonds is 7. The Kier molecular flexibility index (Phi) is 6.76. The standard InChI is InChI=1S/C22H20N2O6S/c1-3-30-18(26)11-31-21-12(2)20(27)15-7-5-4-6-14(15)19(21)24-23-13-8-9-16(22(28)29)17(25)10-13/h4-10,25,27H,3,11H2,1-2H3,(H,28,29). The van der Waals surface area contributed by atoms with Crippen LogP contribution in [0.1, 0.15) is 22.8 Å². The van der Waals surface area contributed by atoms with E-state index in [1.54, 1.807) is 38.1 Å². The molecule has 0 saturated carbocycles. The van der Waals surface area contributed by atoms with E-state index < -0.39 is 17.7 Å². The van der Waals surface area contributed by atoms with Crippen molar-refractivity contribution >= 4 is 45.8 Å². The van der Waals surface area contributed by atoms with E-state index in [0.29, 0.717) is 26.9 Å². The van der Waals surface area contributed by atoms with Crippen molar-refractivity contribution in [3.05, 3.63) is 53.6 Å². The normalized spacial score (nSPS) is 11.2. The van der Waals surface area contributed by atoms with Crippen molar-refractivity contribution in [2.45, 2.75) is 18.7 Å². The van der Waals surface area contributed by atoms with Gasteiger partial charge >= 0.3 is 11.9 Å². The quantitative estimate of drug-likeness (QED) is 0.257. The molecule has 0 fully saturated rings. The van der Waals surface area contributed by atoms with Crippen LogP contribution >= 0.6 is 11.8 Å². The van der Waals surface area contributed by atoms with E-state index in [2.05, 4.69) is 10.2 Å². The summed E-state index contributed by atoms with van der Waals surface area (Å²) in [5, 5.41) is 39.3. The second kappa shape index (κ2) is 9.48. The molecule has 9 heteroatoms. The van der Waals surface area contributed by atoms with Crippen molar-refractivity contribution in [1.82, 2.24) is 0 Å². The molecule has 3 aromatic carbocycles. The molecule has 3 aromatic rings. The van der Waals surface area contributed by atoms with Gasteiger partial charge in [-0.3, -0.25) is 4.79 Å². The van der Waals surface area contributed by atoms with Gasteiger partial charge in [-0.25, -0.2) is 4.79 Å². The van der Waals surface area contributed by atoms with Crippen LogP contribution in [0.3, 0.4) is 0 Å². The van der Waals surface area contributed by atoms with Crippen LogP contribution in [0, 0.1) is 6.92 Å². The molecule has 8 nitrogen and oxygen atoms in total. The number of thioether (sulfide) groups is 1. The second-order valence-corrected chi connectivity index (χ2v) is 7.48. The monoisotopic (exact) mass is 440 g/mol. The molecular weight excluding hydrogens is 420 g/mol. The van der Waals surface area contributed by atoms with Crippen LogP contribution in [0.2, 0.25) is 0 Å². The third kappa shape index (κ3) is 4.77. The van der Waals surface area contributed by atoms with Crippen LogP contribution in [-0.4, -0.2) is 39.6 Å². The zero-order valence-electron chi connectivity index (χ0n) is 16.8. The number of benzene rings is 3. The number of hydrogen-bond acceptors (Lipinski definition) is 8. The minimum absolute atomic E-state index is 0.0308. The number of phenolic OH excluding ortho intramolecular Hbond substituents is 1. The molecule has 0 amide bonds. The van der Waals surface area contributed by atoms with E-state index in [1.807, 2.05) is 0 Å². The van der Waals surface area contributed by atoms with Gasteiger partial charge in [0.1, 0.15) is 22.7 Å². The number of ether oxygens (including phenoxy) is 1. The number of hydrogen-bond donors (Lipinski definition) is 3. The number of carbonyl (C=O) groups excluding carboxylic acids is 1. The van der Waals surface area contributed by atoms with Gasteiger partial charge in [-0.2, -0.15) is 5.11 Å². The van der Waals surface area contributed by atoms with Crippen LogP contribution in [0.15, 0.2) is 57.6 Å². The summed E-state index contributed by atoms with van der Waals surface area (Å²) in [5.74, 6) is -1.95. The first-order valence-corrected chi connectivity index (χ1v) is 10.3. The SMILES string of the molecule is CCOC(=O)CSc1c(C)c(O)c2ccccc2c1N=Nc1ccc(C(=O)O)c(O)c1. The lowest BCUT2D eigenvalue weighted by molar-refractivity contribution is -0.139. The lowest BCUT2D eigenvalue weighted by Crippen LogP contribution is -2.06. The minimum Gasteiger partial charge on any atom is -0.507 e. The number of carboxylic acids is 1. The average molecular weight is 440 g/mol.